The third-order valence-corrected chi connectivity index (χ3v) is 5.70. The Morgan fingerprint density at radius 3 is 3.05 bits per heavy atom. The van der Waals surface area contributed by atoms with Crippen molar-refractivity contribution in [3.05, 3.63) is 38.8 Å². The Morgan fingerprint density at radius 1 is 1.45 bits per heavy atom. The summed E-state index contributed by atoms with van der Waals surface area (Å²) in [6.45, 7) is 3.15. The molecule has 106 valence electrons. The number of hydrogen-bond acceptors (Lipinski definition) is 3. The molecule has 1 atom stereocenters. The van der Waals surface area contributed by atoms with Crippen LogP contribution in [0.5, 0.6) is 0 Å². The predicted molar refractivity (Wildman–Crippen MR) is 89.6 cm³/mol. The molecule has 1 heterocycles. The SMILES string of the molecule is CNCC1CCCc2sc(-c3ccc(C)cc3Br)nc21. The maximum absolute atomic E-state index is 4.96. The van der Waals surface area contributed by atoms with Gasteiger partial charge in [0.25, 0.3) is 0 Å². The van der Waals surface area contributed by atoms with Crippen LogP contribution < -0.4 is 5.32 Å². The Hall–Kier alpha value is -0.710. The molecule has 0 spiro atoms. The van der Waals surface area contributed by atoms with Gasteiger partial charge in [0.2, 0.25) is 0 Å². The lowest BCUT2D eigenvalue weighted by Crippen LogP contribution is -2.20. The van der Waals surface area contributed by atoms with Crippen LogP contribution in [0.25, 0.3) is 10.6 Å². The maximum Gasteiger partial charge on any atom is 0.125 e. The summed E-state index contributed by atoms with van der Waals surface area (Å²) in [5.41, 5.74) is 3.83. The summed E-state index contributed by atoms with van der Waals surface area (Å²) < 4.78 is 1.15. The molecule has 0 bridgehead atoms. The van der Waals surface area contributed by atoms with E-state index in [9.17, 15) is 0 Å². The van der Waals surface area contributed by atoms with Crippen LogP contribution in [-0.4, -0.2) is 18.6 Å². The first-order valence-corrected chi connectivity index (χ1v) is 8.70. The first-order valence-electron chi connectivity index (χ1n) is 7.09. The van der Waals surface area contributed by atoms with Crippen molar-refractivity contribution >= 4 is 27.3 Å². The number of fused-ring (bicyclic) bond motifs is 1. The number of benzene rings is 1. The molecule has 1 aliphatic rings. The Labute approximate surface area is 132 Å². The quantitative estimate of drug-likeness (QED) is 0.879. The molecule has 3 rings (SSSR count). The molecular weight excluding hydrogens is 332 g/mol. The van der Waals surface area contributed by atoms with Gasteiger partial charge in [-0.15, -0.1) is 11.3 Å². The fraction of sp³-hybridized carbons (Fsp3) is 0.438. The van der Waals surface area contributed by atoms with Gasteiger partial charge in [-0.2, -0.15) is 0 Å². The number of aryl methyl sites for hydroxylation is 2. The van der Waals surface area contributed by atoms with Gasteiger partial charge in [0.15, 0.2) is 0 Å². The van der Waals surface area contributed by atoms with Crippen LogP contribution in [0.4, 0.5) is 0 Å². The minimum atomic E-state index is 0.581. The van der Waals surface area contributed by atoms with E-state index in [2.05, 4.69) is 46.4 Å². The van der Waals surface area contributed by atoms with Gasteiger partial charge >= 0.3 is 0 Å². The average Bonchev–Trinajstić information content (AvgIpc) is 2.83. The number of likely N-dealkylation sites (N-methyl/N-ethyl adjacent to an activating group) is 1. The minimum absolute atomic E-state index is 0.581. The number of rotatable bonds is 3. The van der Waals surface area contributed by atoms with E-state index >= 15 is 0 Å². The lowest BCUT2D eigenvalue weighted by Gasteiger charge is -2.20. The first kappa shape index (κ1) is 14.2. The van der Waals surface area contributed by atoms with Crippen molar-refractivity contribution in [1.82, 2.24) is 10.3 Å². The zero-order valence-electron chi connectivity index (χ0n) is 11.9. The van der Waals surface area contributed by atoms with Crippen LogP contribution in [0.2, 0.25) is 0 Å². The first-order chi connectivity index (χ1) is 9.69. The number of nitrogens with zero attached hydrogens (tertiary/aromatic N) is 1. The van der Waals surface area contributed by atoms with Gasteiger partial charge in [-0.05, 0) is 44.9 Å². The summed E-state index contributed by atoms with van der Waals surface area (Å²) in [5, 5.41) is 4.46. The summed E-state index contributed by atoms with van der Waals surface area (Å²) in [6, 6.07) is 6.50. The molecule has 2 nitrogen and oxygen atoms in total. The van der Waals surface area contributed by atoms with Crippen LogP contribution in [0.15, 0.2) is 22.7 Å². The molecule has 4 heteroatoms. The van der Waals surface area contributed by atoms with Gasteiger partial charge in [0.1, 0.15) is 5.01 Å². The van der Waals surface area contributed by atoms with E-state index in [1.165, 1.54) is 41.0 Å². The number of thiazole rings is 1. The fourth-order valence-electron chi connectivity index (χ4n) is 2.86. The molecule has 0 aliphatic heterocycles. The number of aromatic nitrogens is 1. The summed E-state index contributed by atoms with van der Waals surface area (Å²) in [7, 11) is 2.03. The molecule has 1 unspecified atom stereocenters. The molecule has 0 radical (unpaired) electrons. The second-order valence-electron chi connectivity index (χ2n) is 5.46. The monoisotopic (exact) mass is 350 g/mol. The van der Waals surface area contributed by atoms with Gasteiger partial charge in [0.05, 0.1) is 5.69 Å². The highest BCUT2D eigenvalue weighted by atomic mass is 79.9. The Kier molecular flexibility index (Phi) is 4.24. The minimum Gasteiger partial charge on any atom is -0.319 e. The Balaban J connectivity index is 2.00. The molecule has 0 fully saturated rings. The van der Waals surface area contributed by atoms with E-state index < -0.39 is 0 Å². The zero-order chi connectivity index (χ0) is 14.1. The average molecular weight is 351 g/mol. The molecule has 1 aromatic heterocycles. The summed E-state index contributed by atoms with van der Waals surface area (Å²) in [4.78, 5) is 6.45. The van der Waals surface area contributed by atoms with Gasteiger partial charge in [0, 0.05) is 27.4 Å². The smallest absolute Gasteiger partial charge is 0.125 e. The van der Waals surface area contributed by atoms with Crippen LogP contribution in [0.3, 0.4) is 0 Å². The van der Waals surface area contributed by atoms with E-state index in [0.29, 0.717) is 5.92 Å². The fourth-order valence-corrected chi connectivity index (χ4v) is 4.90. The lowest BCUT2D eigenvalue weighted by atomic mass is 9.91. The topological polar surface area (TPSA) is 24.9 Å². The second kappa shape index (κ2) is 5.96. The zero-order valence-corrected chi connectivity index (χ0v) is 14.3. The van der Waals surface area contributed by atoms with Crippen molar-refractivity contribution in [1.29, 1.82) is 0 Å². The summed E-state index contributed by atoms with van der Waals surface area (Å²) >= 11 is 5.55. The van der Waals surface area contributed by atoms with Crippen molar-refractivity contribution in [3.63, 3.8) is 0 Å². The van der Waals surface area contributed by atoms with Crippen molar-refractivity contribution < 1.29 is 0 Å². The molecule has 1 N–H and O–H groups in total. The molecule has 0 saturated carbocycles. The molecule has 20 heavy (non-hydrogen) atoms. The maximum atomic E-state index is 4.96. The van der Waals surface area contributed by atoms with Crippen LogP contribution in [-0.2, 0) is 6.42 Å². The summed E-state index contributed by atoms with van der Waals surface area (Å²) in [6.07, 6.45) is 3.73. The molecule has 1 aromatic carbocycles. The van der Waals surface area contributed by atoms with Crippen LogP contribution in [0, 0.1) is 6.92 Å². The normalized spacial score (nSPS) is 18.1. The number of halogens is 1. The highest BCUT2D eigenvalue weighted by Crippen LogP contribution is 2.39. The largest absolute Gasteiger partial charge is 0.319 e. The van der Waals surface area contributed by atoms with Crippen LogP contribution >= 0.6 is 27.3 Å². The molecule has 0 amide bonds. The standard InChI is InChI=1S/C16H19BrN2S/c1-10-6-7-12(13(17)8-10)16-19-15-11(9-18-2)4-3-5-14(15)20-16/h6-8,11,18H,3-5,9H2,1-2H3. The van der Waals surface area contributed by atoms with E-state index in [4.69, 9.17) is 4.98 Å². The molecule has 1 aliphatic carbocycles. The van der Waals surface area contributed by atoms with Crippen LogP contribution in [0.1, 0.15) is 34.9 Å². The van der Waals surface area contributed by atoms with Crippen molar-refractivity contribution in [3.8, 4) is 10.6 Å². The predicted octanol–water partition coefficient (Wildman–Crippen LogP) is 4.52. The van der Waals surface area contributed by atoms with Crippen molar-refractivity contribution in [2.45, 2.75) is 32.1 Å². The number of nitrogens with one attached hydrogen (secondary N) is 1. The third kappa shape index (κ3) is 2.69. The number of hydrogen-bond donors (Lipinski definition) is 1. The lowest BCUT2D eigenvalue weighted by molar-refractivity contribution is 0.523. The van der Waals surface area contributed by atoms with Gasteiger partial charge in [-0.3, -0.25) is 0 Å². The second-order valence-corrected chi connectivity index (χ2v) is 7.40. The van der Waals surface area contributed by atoms with E-state index in [-0.39, 0.29) is 0 Å². The third-order valence-electron chi connectivity index (χ3n) is 3.88. The highest BCUT2D eigenvalue weighted by molar-refractivity contribution is 9.10. The highest BCUT2D eigenvalue weighted by Gasteiger charge is 2.24. The summed E-state index contributed by atoms with van der Waals surface area (Å²) in [5.74, 6) is 0.581. The van der Waals surface area contributed by atoms with E-state index in [1.807, 2.05) is 18.4 Å². The van der Waals surface area contributed by atoms with E-state index in [0.717, 1.165) is 16.0 Å². The Morgan fingerprint density at radius 2 is 2.30 bits per heavy atom. The molecule has 0 saturated heterocycles. The molecule has 2 aromatic rings. The Bertz CT molecular complexity index is 621. The van der Waals surface area contributed by atoms with Crippen molar-refractivity contribution in [2.24, 2.45) is 0 Å². The molecular formula is C16H19BrN2S. The van der Waals surface area contributed by atoms with Gasteiger partial charge < -0.3 is 5.32 Å². The van der Waals surface area contributed by atoms with Gasteiger partial charge in [-0.25, -0.2) is 4.98 Å². The van der Waals surface area contributed by atoms with Crippen molar-refractivity contribution in [2.75, 3.05) is 13.6 Å². The van der Waals surface area contributed by atoms with Gasteiger partial charge in [-0.1, -0.05) is 28.1 Å². The van der Waals surface area contributed by atoms with E-state index in [1.54, 1.807) is 0 Å².